The second-order valence-electron chi connectivity index (χ2n) is 5.06. The van der Waals surface area contributed by atoms with E-state index in [1.165, 1.54) is 18.9 Å². The van der Waals surface area contributed by atoms with Crippen LogP contribution in [0.15, 0.2) is 5.16 Å². The Morgan fingerprint density at radius 2 is 2.14 bits per heavy atom. The zero-order valence-corrected chi connectivity index (χ0v) is 13.7. The molecule has 1 aliphatic carbocycles. The monoisotopic (exact) mass is 331 g/mol. The summed E-state index contributed by atoms with van der Waals surface area (Å²) in [6.07, 6.45) is 3.35. The lowest BCUT2D eigenvalue weighted by Crippen LogP contribution is -2.13. The highest BCUT2D eigenvalue weighted by Gasteiger charge is 2.44. The van der Waals surface area contributed by atoms with Gasteiger partial charge < -0.3 is 9.47 Å². The van der Waals surface area contributed by atoms with E-state index in [9.17, 15) is 4.79 Å². The van der Waals surface area contributed by atoms with Gasteiger partial charge in [-0.25, -0.2) is 0 Å². The largest absolute Gasteiger partial charge is 0.469 e. The number of carbonyl (C=O) groups is 1. The second-order valence-corrected chi connectivity index (χ2v) is 6.34. The molecular weight excluding hydrogens is 314 g/mol. The van der Waals surface area contributed by atoms with Crippen molar-refractivity contribution in [1.29, 1.82) is 0 Å². The molecule has 6 nitrogen and oxygen atoms in total. The molecule has 21 heavy (non-hydrogen) atoms. The summed E-state index contributed by atoms with van der Waals surface area (Å²) in [5.41, 5.74) is 0.0152. The van der Waals surface area contributed by atoms with Crippen LogP contribution < -0.4 is 4.74 Å². The zero-order chi connectivity index (χ0) is 15.3. The van der Waals surface area contributed by atoms with Crippen LogP contribution in [0.2, 0.25) is 5.28 Å². The molecule has 0 amide bonds. The summed E-state index contributed by atoms with van der Waals surface area (Å²) in [4.78, 5) is 23.6. The van der Waals surface area contributed by atoms with Gasteiger partial charge in [-0.05, 0) is 36.3 Å². The van der Waals surface area contributed by atoms with E-state index in [4.69, 9.17) is 21.1 Å². The normalized spacial score (nSPS) is 15.6. The van der Waals surface area contributed by atoms with Gasteiger partial charge in [0.05, 0.1) is 20.1 Å². The molecule has 0 unspecified atom stereocenters. The lowest BCUT2D eigenvalue weighted by atomic mass is 10.1. The molecule has 0 saturated heterocycles. The predicted octanol–water partition coefficient (Wildman–Crippen LogP) is 2.75. The third-order valence-corrected chi connectivity index (χ3v) is 4.58. The highest BCUT2D eigenvalue weighted by Crippen LogP contribution is 2.51. The van der Waals surface area contributed by atoms with Gasteiger partial charge in [0.25, 0.3) is 0 Å². The van der Waals surface area contributed by atoms with Gasteiger partial charge in [-0.3, -0.25) is 4.79 Å². The zero-order valence-electron chi connectivity index (χ0n) is 12.1. The number of aromatic nitrogens is 3. The van der Waals surface area contributed by atoms with Crippen LogP contribution in [0.1, 0.15) is 32.6 Å². The Labute approximate surface area is 133 Å². The summed E-state index contributed by atoms with van der Waals surface area (Å²) in [6, 6.07) is 0.247. The highest BCUT2D eigenvalue weighted by molar-refractivity contribution is 7.99. The molecule has 1 aliphatic rings. The molecule has 0 spiro atoms. The Kier molecular flexibility index (Phi) is 5.64. The van der Waals surface area contributed by atoms with Crippen molar-refractivity contribution in [3.63, 3.8) is 0 Å². The van der Waals surface area contributed by atoms with Crippen molar-refractivity contribution in [2.24, 2.45) is 5.41 Å². The number of carbonyl (C=O) groups excluding carboxylic acids is 1. The van der Waals surface area contributed by atoms with E-state index in [-0.39, 0.29) is 22.7 Å². The number of halogens is 1. The van der Waals surface area contributed by atoms with E-state index in [1.807, 2.05) is 6.92 Å². The van der Waals surface area contributed by atoms with Crippen LogP contribution in [-0.4, -0.2) is 40.4 Å². The van der Waals surface area contributed by atoms with E-state index in [0.29, 0.717) is 18.2 Å². The average Bonchev–Trinajstić information content (AvgIpc) is 3.22. The van der Waals surface area contributed by atoms with Crippen LogP contribution in [0.25, 0.3) is 0 Å². The molecule has 0 aliphatic heterocycles. The number of rotatable bonds is 8. The second kappa shape index (κ2) is 7.26. The molecule has 1 heterocycles. The van der Waals surface area contributed by atoms with Gasteiger partial charge in [0.15, 0.2) is 5.16 Å². The van der Waals surface area contributed by atoms with Gasteiger partial charge in [-0.2, -0.15) is 15.0 Å². The molecule has 0 N–H and O–H groups in total. The Bertz CT molecular complexity index is 511. The topological polar surface area (TPSA) is 74.2 Å². The van der Waals surface area contributed by atoms with Gasteiger partial charge in [0.2, 0.25) is 5.28 Å². The molecule has 1 saturated carbocycles. The first kappa shape index (κ1) is 16.3. The Morgan fingerprint density at radius 3 is 2.76 bits per heavy atom. The maximum absolute atomic E-state index is 11.4. The van der Waals surface area contributed by atoms with Gasteiger partial charge in [0, 0.05) is 5.75 Å². The van der Waals surface area contributed by atoms with Crippen molar-refractivity contribution in [2.45, 2.75) is 37.8 Å². The average molecular weight is 332 g/mol. The van der Waals surface area contributed by atoms with Crippen molar-refractivity contribution < 1.29 is 14.3 Å². The number of hydrogen-bond donors (Lipinski definition) is 0. The first-order valence-corrected chi connectivity index (χ1v) is 8.17. The van der Waals surface area contributed by atoms with Gasteiger partial charge in [-0.1, -0.05) is 18.7 Å². The van der Waals surface area contributed by atoms with Crippen LogP contribution in [0.5, 0.6) is 6.01 Å². The van der Waals surface area contributed by atoms with E-state index < -0.39 is 0 Å². The highest BCUT2D eigenvalue weighted by atomic mass is 35.5. The molecule has 2 rings (SSSR count). The maximum atomic E-state index is 11.4. The number of hydrogen-bond acceptors (Lipinski definition) is 7. The minimum Gasteiger partial charge on any atom is -0.469 e. The summed E-state index contributed by atoms with van der Waals surface area (Å²) in [5.74, 6) is 0.587. The fourth-order valence-electron chi connectivity index (χ4n) is 1.78. The quantitative estimate of drug-likeness (QED) is 0.535. The summed E-state index contributed by atoms with van der Waals surface area (Å²) in [5, 5.41) is 0.647. The molecule has 1 fully saturated rings. The van der Waals surface area contributed by atoms with Gasteiger partial charge in [0.1, 0.15) is 0 Å². The Hall–Kier alpha value is -1.08. The number of methoxy groups -OCH3 is 1. The van der Waals surface area contributed by atoms with E-state index in [1.54, 1.807) is 0 Å². The van der Waals surface area contributed by atoms with Crippen LogP contribution in [0.3, 0.4) is 0 Å². The van der Waals surface area contributed by atoms with Crippen LogP contribution in [0, 0.1) is 5.41 Å². The summed E-state index contributed by atoms with van der Waals surface area (Å²) in [6.45, 7) is 2.54. The fraction of sp³-hybridized carbons (Fsp3) is 0.692. The smallest absolute Gasteiger partial charge is 0.321 e. The predicted molar refractivity (Wildman–Crippen MR) is 79.6 cm³/mol. The molecule has 8 heteroatoms. The van der Waals surface area contributed by atoms with Gasteiger partial charge >= 0.3 is 12.0 Å². The van der Waals surface area contributed by atoms with Gasteiger partial charge in [-0.15, -0.1) is 0 Å². The number of nitrogens with zero attached hydrogens (tertiary/aromatic N) is 3. The van der Waals surface area contributed by atoms with E-state index in [2.05, 4.69) is 15.0 Å². The van der Waals surface area contributed by atoms with Crippen molar-refractivity contribution in [1.82, 2.24) is 15.0 Å². The van der Waals surface area contributed by atoms with E-state index in [0.717, 1.165) is 25.0 Å². The molecule has 0 bridgehead atoms. The van der Waals surface area contributed by atoms with E-state index >= 15 is 0 Å². The molecule has 0 aromatic carbocycles. The lowest BCUT2D eigenvalue weighted by Gasteiger charge is -2.12. The van der Waals surface area contributed by atoms with Crippen molar-refractivity contribution in [3.8, 4) is 6.01 Å². The molecule has 1 aromatic heterocycles. The fourth-order valence-corrected chi connectivity index (χ4v) is 3.10. The Morgan fingerprint density at radius 1 is 1.38 bits per heavy atom. The third-order valence-electron chi connectivity index (χ3n) is 3.21. The molecule has 0 radical (unpaired) electrons. The van der Waals surface area contributed by atoms with Crippen LogP contribution >= 0.6 is 23.4 Å². The summed E-state index contributed by atoms with van der Waals surface area (Å²) >= 11 is 7.34. The van der Waals surface area contributed by atoms with Crippen molar-refractivity contribution >= 4 is 29.3 Å². The first-order valence-electron chi connectivity index (χ1n) is 6.81. The maximum Gasteiger partial charge on any atom is 0.321 e. The van der Waals surface area contributed by atoms with Crippen LogP contribution in [-0.2, 0) is 9.53 Å². The summed E-state index contributed by atoms with van der Waals surface area (Å²) in [7, 11) is 1.41. The first-order chi connectivity index (χ1) is 10.1. The summed E-state index contributed by atoms with van der Waals surface area (Å²) < 4.78 is 10.1. The SMILES string of the molecule is CCCOc1nc(Cl)nc(SCC2(CC(=O)OC)CC2)n1. The third kappa shape index (κ3) is 5.00. The molecule has 1 aromatic rings. The van der Waals surface area contributed by atoms with Crippen molar-refractivity contribution in [3.05, 3.63) is 5.28 Å². The minimum atomic E-state index is -0.172. The number of thioether (sulfide) groups is 1. The molecule has 116 valence electrons. The van der Waals surface area contributed by atoms with Crippen molar-refractivity contribution in [2.75, 3.05) is 19.5 Å². The molecule has 0 atom stereocenters. The molecular formula is C13H18ClN3O3S. The van der Waals surface area contributed by atoms with Crippen LogP contribution in [0.4, 0.5) is 0 Å². The minimum absolute atomic E-state index is 0.0152. The standard InChI is InChI=1S/C13H18ClN3O3S/c1-3-6-20-11-15-10(14)16-12(17-11)21-8-13(4-5-13)7-9(18)19-2/h3-8H2,1-2H3. The Balaban J connectivity index is 1.93. The lowest BCUT2D eigenvalue weighted by molar-refractivity contribution is -0.141. The number of ether oxygens (including phenoxy) is 2. The number of esters is 1.